The van der Waals surface area contributed by atoms with Crippen LogP contribution in [0.1, 0.15) is 60.8 Å². The third-order valence-electron chi connectivity index (χ3n) is 5.36. The van der Waals surface area contributed by atoms with Crippen molar-refractivity contribution >= 4 is 12.1 Å². The van der Waals surface area contributed by atoms with Crippen molar-refractivity contribution in [1.29, 1.82) is 0 Å². The van der Waals surface area contributed by atoms with E-state index in [0.29, 0.717) is 25.2 Å². The molecule has 0 radical (unpaired) electrons. The first kappa shape index (κ1) is 25.7. The van der Waals surface area contributed by atoms with E-state index in [1.807, 2.05) is 41.5 Å². The molecule has 0 aromatic heterocycles. The minimum Gasteiger partial charge on any atom is -0.444 e. The van der Waals surface area contributed by atoms with Crippen molar-refractivity contribution in [1.82, 2.24) is 15.5 Å². The number of nitrogens with one attached hydrogen (secondary N) is 2. The number of amides is 1. The van der Waals surface area contributed by atoms with Gasteiger partial charge in [0.2, 0.25) is 0 Å². The highest BCUT2D eigenvalue weighted by molar-refractivity contribution is 5.79. The molecule has 180 valence electrons. The highest BCUT2D eigenvalue weighted by atomic mass is 16.6. The lowest BCUT2D eigenvalue weighted by Gasteiger charge is -2.35. The van der Waals surface area contributed by atoms with Gasteiger partial charge in [-0.2, -0.15) is 0 Å². The van der Waals surface area contributed by atoms with Crippen LogP contribution in [0.2, 0.25) is 0 Å². The average Bonchev–Trinajstić information content (AvgIpc) is 2.91. The third kappa shape index (κ3) is 8.12. The fraction of sp³-hybridized carbons (Fsp3) is 0.909. The minimum absolute atomic E-state index is 0.138. The molecule has 2 saturated heterocycles. The van der Waals surface area contributed by atoms with Gasteiger partial charge in [0.05, 0.1) is 18.2 Å². The highest BCUT2D eigenvalue weighted by Crippen LogP contribution is 2.33. The van der Waals surface area contributed by atoms with Crippen molar-refractivity contribution in [2.24, 2.45) is 4.99 Å². The Kier molecular flexibility index (Phi) is 9.39. The molecule has 0 bridgehead atoms. The van der Waals surface area contributed by atoms with Crippen LogP contribution >= 0.6 is 0 Å². The van der Waals surface area contributed by atoms with Crippen molar-refractivity contribution < 1.29 is 23.7 Å². The Hall–Kier alpha value is -1.58. The lowest BCUT2D eigenvalue weighted by molar-refractivity contribution is -0.0755. The molecule has 31 heavy (non-hydrogen) atoms. The number of nitrogens with zero attached hydrogens (tertiary/aromatic N) is 2. The van der Waals surface area contributed by atoms with Gasteiger partial charge in [0, 0.05) is 40.0 Å². The number of hydrogen-bond donors (Lipinski definition) is 2. The Balaban J connectivity index is 1.80. The normalized spacial score (nSPS) is 24.9. The molecule has 2 heterocycles. The van der Waals surface area contributed by atoms with E-state index < -0.39 is 11.3 Å². The quantitative estimate of drug-likeness (QED) is 0.355. The number of ether oxygens (including phenoxy) is 4. The number of hydrogen-bond acceptors (Lipinski definition) is 6. The summed E-state index contributed by atoms with van der Waals surface area (Å²) in [6.45, 7) is 14.9. The first-order valence-electron chi connectivity index (χ1n) is 11.4. The number of carbonyl (C=O) groups is 1. The van der Waals surface area contributed by atoms with E-state index in [0.717, 1.165) is 39.0 Å². The molecular weight excluding hydrogens is 400 g/mol. The minimum atomic E-state index is -0.744. The van der Waals surface area contributed by atoms with Crippen LogP contribution in [0.4, 0.5) is 4.79 Å². The number of aliphatic imine (C=N–C) groups is 1. The molecule has 9 heteroatoms. The summed E-state index contributed by atoms with van der Waals surface area (Å²) in [5.41, 5.74) is -1.31. The van der Waals surface area contributed by atoms with E-state index in [1.54, 1.807) is 11.9 Å². The average molecular weight is 443 g/mol. The smallest absolute Gasteiger partial charge is 0.412 e. The largest absolute Gasteiger partial charge is 0.444 e. The van der Waals surface area contributed by atoms with Crippen LogP contribution in [0.3, 0.4) is 0 Å². The first-order chi connectivity index (χ1) is 14.5. The van der Waals surface area contributed by atoms with E-state index in [9.17, 15) is 4.79 Å². The molecule has 2 aliphatic rings. The van der Waals surface area contributed by atoms with Crippen LogP contribution in [0.25, 0.3) is 0 Å². The topological polar surface area (TPSA) is 93.7 Å². The molecule has 2 fully saturated rings. The van der Waals surface area contributed by atoms with Crippen LogP contribution in [0.15, 0.2) is 4.99 Å². The summed E-state index contributed by atoms with van der Waals surface area (Å²) in [4.78, 5) is 18.8. The monoisotopic (exact) mass is 442 g/mol. The molecule has 0 saturated carbocycles. The van der Waals surface area contributed by atoms with Crippen molar-refractivity contribution in [3.05, 3.63) is 0 Å². The van der Waals surface area contributed by atoms with Crippen LogP contribution in [0.5, 0.6) is 0 Å². The summed E-state index contributed by atoms with van der Waals surface area (Å²) >= 11 is 0. The number of rotatable bonds is 7. The fourth-order valence-electron chi connectivity index (χ4n) is 3.92. The zero-order valence-corrected chi connectivity index (χ0v) is 20.3. The fourth-order valence-corrected chi connectivity index (χ4v) is 3.92. The third-order valence-corrected chi connectivity index (χ3v) is 5.36. The van der Waals surface area contributed by atoms with Crippen molar-refractivity contribution in [2.45, 2.75) is 90.4 Å². The van der Waals surface area contributed by atoms with Crippen molar-refractivity contribution in [3.63, 3.8) is 0 Å². The Morgan fingerprint density at radius 2 is 1.90 bits per heavy atom. The van der Waals surface area contributed by atoms with Crippen LogP contribution < -0.4 is 10.6 Å². The summed E-state index contributed by atoms with van der Waals surface area (Å²) in [7, 11) is 1.73. The Morgan fingerprint density at radius 3 is 2.52 bits per heavy atom. The highest BCUT2D eigenvalue weighted by Gasteiger charge is 2.49. The van der Waals surface area contributed by atoms with E-state index in [1.165, 1.54) is 0 Å². The van der Waals surface area contributed by atoms with E-state index in [-0.39, 0.29) is 18.2 Å². The Morgan fingerprint density at radius 1 is 1.23 bits per heavy atom. The molecule has 2 aliphatic heterocycles. The summed E-state index contributed by atoms with van der Waals surface area (Å²) in [6.07, 6.45) is 2.64. The first-order valence-corrected chi connectivity index (χ1v) is 11.4. The predicted molar refractivity (Wildman–Crippen MR) is 120 cm³/mol. The number of guanidine groups is 1. The molecule has 0 aromatic rings. The second-order valence-electron chi connectivity index (χ2n) is 9.60. The summed E-state index contributed by atoms with van der Waals surface area (Å²) in [5, 5.41) is 6.63. The van der Waals surface area contributed by atoms with E-state index >= 15 is 0 Å². The molecule has 2 rings (SSSR count). The Labute approximate surface area is 187 Å². The maximum absolute atomic E-state index is 12.8. The van der Waals surface area contributed by atoms with Crippen LogP contribution in [-0.2, 0) is 18.9 Å². The Bertz CT molecular complexity index is 599. The van der Waals surface area contributed by atoms with Gasteiger partial charge in [-0.25, -0.2) is 4.79 Å². The van der Waals surface area contributed by atoms with Gasteiger partial charge in [-0.15, -0.1) is 0 Å². The SMILES string of the molecule is CN=C(NCCCOC1CCOCC1)NCC1C(C)OC(C)(C)N1C(=O)OC(C)(C)C. The maximum atomic E-state index is 12.8. The zero-order chi connectivity index (χ0) is 23.1. The van der Waals surface area contributed by atoms with E-state index in [2.05, 4.69) is 15.6 Å². The zero-order valence-electron chi connectivity index (χ0n) is 20.3. The van der Waals surface area contributed by atoms with E-state index in [4.69, 9.17) is 18.9 Å². The summed E-state index contributed by atoms with van der Waals surface area (Å²) < 4.78 is 22.9. The molecular formula is C22H42N4O5. The maximum Gasteiger partial charge on any atom is 0.412 e. The second kappa shape index (κ2) is 11.3. The lowest BCUT2D eigenvalue weighted by atomic mass is 10.1. The lowest BCUT2D eigenvalue weighted by Crippen LogP contribution is -2.54. The van der Waals surface area contributed by atoms with Gasteiger partial charge >= 0.3 is 6.09 Å². The van der Waals surface area contributed by atoms with Crippen molar-refractivity contribution in [2.75, 3.05) is 40.0 Å². The van der Waals surface area contributed by atoms with Gasteiger partial charge in [-0.05, 0) is 60.8 Å². The molecule has 0 aliphatic carbocycles. The molecule has 0 aromatic carbocycles. The number of carbonyl (C=O) groups excluding carboxylic acids is 1. The van der Waals surface area contributed by atoms with Crippen molar-refractivity contribution in [3.8, 4) is 0 Å². The molecule has 2 atom stereocenters. The molecule has 1 amide bonds. The second-order valence-corrected chi connectivity index (χ2v) is 9.60. The predicted octanol–water partition coefficient (Wildman–Crippen LogP) is 2.50. The molecule has 2 unspecified atom stereocenters. The van der Waals surface area contributed by atoms with Gasteiger partial charge < -0.3 is 29.6 Å². The molecule has 9 nitrogen and oxygen atoms in total. The molecule has 2 N–H and O–H groups in total. The summed E-state index contributed by atoms with van der Waals surface area (Å²) in [5.74, 6) is 0.687. The molecule has 0 spiro atoms. The van der Waals surface area contributed by atoms with Gasteiger partial charge in [0.15, 0.2) is 5.96 Å². The van der Waals surface area contributed by atoms with Crippen LogP contribution in [0, 0.1) is 0 Å². The van der Waals surface area contributed by atoms with Gasteiger partial charge in [0.1, 0.15) is 11.3 Å². The van der Waals surface area contributed by atoms with Gasteiger partial charge in [0.25, 0.3) is 0 Å². The standard InChI is InChI=1S/C22H42N4O5/c1-16-18(26(22(5,6)30-16)20(27)31-21(2,3)4)15-25-19(23-7)24-11-8-12-29-17-9-13-28-14-10-17/h16-18H,8-15H2,1-7H3,(H2,23,24,25). The van der Waals surface area contributed by atoms with Gasteiger partial charge in [-0.3, -0.25) is 9.89 Å². The van der Waals surface area contributed by atoms with Crippen LogP contribution in [-0.4, -0.2) is 86.5 Å². The summed E-state index contributed by atoms with van der Waals surface area (Å²) in [6, 6.07) is -0.180. The van der Waals surface area contributed by atoms with Gasteiger partial charge in [-0.1, -0.05) is 0 Å².